The lowest BCUT2D eigenvalue weighted by molar-refractivity contribution is 0.0956. The first-order valence-electron chi connectivity index (χ1n) is 8.73. The molecule has 7 nitrogen and oxygen atoms in total. The van der Waals surface area contributed by atoms with Crippen LogP contribution in [0.3, 0.4) is 0 Å². The van der Waals surface area contributed by atoms with Gasteiger partial charge in [0.1, 0.15) is 11.5 Å². The number of hydrogen-bond donors (Lipinski definition) is 3. The molecule has 0 saturated carbocycles. The molecule has 0 atom stereocenters. The van der Waals surface area contributed by atoms with Crippen molar-refractivity contribution < 1.29 is 19.4 Å². The van der Waals surface area contributed by atoms with Gasteiger partial charge in [-0.15, -0.1) is 0 Å². The van der Waals surface area contributed by atoms with Crippen LogP contribution in [0, 0.1) is 0 Å². The smallest absolute Gasteiger partial charge is 0.273 e. The zero-order valence-corrected chi connectivity index (χ0v) is 15.6. The van der Waals surface area contributed by atoms with E-state index < -0.39 is 5.91 Å². The Kier molecular flexibility index (Phi) is 6.22. The number of amides is 2. The number of nitrogens with zero attached hydrogens (tertiary/aromatic N) is 1. The molecule has 29 heavy (non-hydrogen) atoms. The fourth-order valence-electron chi connectivity index (χ4n) is 2.51. The van der Waals surface area contributed by atoms with Crippen LogP contribution in [-0.4, -0.2) is 30.2 Å². The van der Waals surface area contributed by atoms with Crippen molar-refractivity contribution in [2.45, 2.75) is 0 Å². The Bertz CT molecular complexity index is 1030. The summed E-state index contributed by atoms with van der Waals surface area (Å²) in [6.45, 7) is 0. The van der Waals surface area contributed by atoms with E-state index in [9.17, 15) is 14.7 Å². The molecule has 146 valence electrons. The van der Waals surface area contributed by atoms with Crippen LogP contribution in [0.4, 0.5) is 5.69 Å². The van der Waals surface area contributed by atoms with Crippen LogP contribution in [0.1, 0.15) is 26.3 Å². The second-order valence-electron chi connectivity index (χ2n) is 6.02. The van der Waals surface area contributed by atoms with E-state index in [4.69, 9.17) is 4.74 Å². The first-order chi connectivity index (χ1) is 14.1. The van der Waals surface area contributed by atoms with Gasteiger partial charge in [0, 0.05) is 5.56 Å². The van der Waals surface area contributed by atoms with Gasteiger partial charge in [0.2, 0.25) is 0 Å². The highest BCUT2D eigenvalue weighted by Gasteiger charge is 2.13. The Hall–Kier alpha value is -4.13. The molecule has 0 radical (unpaired) electrons. The Morgan fingerprint density at radius 1 is 0.931 bits per heavy atom. The van der Waals surface area contributed by atoms with Crippen molar-refractivity contribution in [2.75, 3.05) is 12.4 Å². The molecule has 0 aromatic heterocycles. The Labute approximate surface area is 167 Å². The number of nitrogens with one attached hydrogen (secondary N) is 2. The molecule has 0 aliphatic heterocycles. The molecule has 3 aromatic rings. The Balaban J connectivity index is 1.69. The number of ether oxygens (including phenoxy) is 1. The van der Waals surface area contributed by atoms with Crippen LogP contribution in [-0.2, 0) is 0 Å². The van der Waals surface area contributed by atoms with Gasteiger partial charge in [0.15, 0.2) is 0 Å². The summed E-state index contributed by atoms with van der Waals surface area (Å²) in [4.78, 5) is 25.0. The van der Waals surface area contributed by atoms with Crippen molar-refractivity contribution >= 4 is 23.7 Å². The fraction of sp³-hybridized carbons (Fsp3) is 0.0455. The number of phenolic OH excluding ortho intramolecular Hbond substituents is 1. The highest BCUT2D eigenvalue weighted by molar-refractivity contribution is 6.09. The largest absolute Gasteiger partial charge is 0.508 e. The molecular formula is C22H19N3O4. The molecule has 0 saturated heterocycles. The van der Waals surface area contributed by atoms with Crippen LogP contribution in [0.25, 0.3) is 0 Å². The van der Waals surface area contributed by atoms with E-state index in [1.807, 2.05) is 0 Å². The maximum absolute atomic E-state index is 12.5. The summed E-state index contributed by atoms with van der Waals surface area (Å²) in [6.07, 6.45) is 1.45. The first-order valence-corrected chi connectivity index (χ1v) is 8.73. The number of para-hydroxylation sites is 1. The Morgan fingerprint density at radius 3 is 2.31 bits per heavy atom. The number of rotatable bonds is 6. The zero-order valence-electron chi connectivity index (χ0n) is 15.6. The molecule has 0 bridgehead atoms. The van der Waals surface area contributed by atoms with E-state index in [1.165, 1.54) is 18.3 Å². The van der Waals surface area contributed by atoms with Crippen LogP contribution in [0.15, 0.2) is 77.9 Å². The summed E-state index contributed by atoms with van der Waals surface area (Å²) in [5, 5.41) is 15.9. The lowest BCUT2D eigenvalue weighted by Gasteiger charge is -2.10. The minimum Gasteiger partial charge on any atom is -0.508 e. The van der Waals surface area contributed by atoms with Gasteiger partial charge in [-0.25, -0.2) is 5.43 Å². The molecule has 3 rings (SSSR count). The Morgan fingerprint density at radius 2 is 1.62 bits per heavy atom. The van der Waals surface area contributed by atoms with E-state index in [0.717, 1.165) is 0 Å². The summed E-state index contributed by atoms with van der Waals surface area (Å²) >= 11 is 0. The third-order valence-corrected chi connectivity index (χ3v) is 4.04. The standard InChI is InChI=1S/C22H19N3O4/c1-29-18-12-8-16(9-13-18)21(27)24-20-5-3-2-4-19(20)22(28)25-23-14-15-6-10-17(26)11-7-15/h2-14,26H,1H3,(H,24,27)(H,25,28)/b23-14-. The van der Waals surface area contributed by atoms with Crippen molar-refractivity contribution in [1.29, 1.82) is 0 Å². The second-order valence-corrected chi connectivity index (χ2v) is 6.02. The monoisotopic (exact) mass is 389 g/mol. The predicted octanol–water partition coefficient (Wildman–Crippen LogP) is 3.42. The maximum Gasteiger partial charge on any atom is 0.273 e. The number of hydrogen-bond acceptors (Lipinski definition) is 5. The van der Waals surface area contributed by atoms with Gasteiger partial charge in [-0.3, -0.25) is 9.59 Å². The molecule has 3 N–H and O–H groups in total. The van der Waals surface area contributed by atoms with Gasteiger partial charge >= 0.3 is 0 Å². The SMILES string of the molecule is COc1ccc(C(=O)Nc2ccccc2C(=O)N/N=C\c2ccc(O)cc2)cc1. The molecule has 0 aliphatic carbocycles. The number of carbonyl (C=O) groups is 2. The minimum atomic E-state index is -0.467. The molecule has 0 spiro atoms. The van der Waals surface area contributed by atoms with Crippen LogP contribution < -0.4 is 15.5 Å². The zero-order chi connectivity index (χ0) is 20.6. The fourth-order valence-corrected chi connectivity index (χ4v) is 2.51. The van der Waals surface area contributed by atoms with Gasteiger partial charge in [0.05, 0.1) is 24.6 Å². The first kappa shape index (κ1) is 19.6. The quantitative estimate of drug-likeness (QED) is 0.444. The van der Waals surface area contributed by atoms with Crippen molar-refractivity contribution in [3.8, 4) is 11.5 Å². The highest BCUT2D eigenvalue weighted by Crippen LogP contribution is 2.18. The van der Waals surface area contributed by atoms with E-state index in [2.05, 4.69) is 15.8 Å². The predicted molar refractivity (Wildman–Crippen MR) is 111 cm³/mol. The summed E-state index contributed by atoms with van der Waals surface area (Å²) < 4.78 is 5.08. The topological polar surface area (TPSA) is 100 Å². The van der Waals surface area contributed by atoms with E-state index in [1.54, 1.807) is 67.8 Å². The molecule has 2 amide bonds. The summed E-state index contributed by atoms with van der Waals surface area (Å²) in [5.41, 5.74) is 4.22. The third kappa shape index (κ3) is 5.20. The third-order valence-electron chi connectivity index (χ3n) is 4.04. The van der Waals surface area contributed by atoms with Crippen molar-refractivity contribution in [3.63, 3.8) is 0 Å². The number of aromatic hydroxyl groups is 1. The number of phenols is 1. The number of methoxy groups -OCH3 is 1. The molecule has 0 unspecified atom stereocenters. The minimum absolute atomic E-state index is 0.146. The number of benzene rings is 3. The molecule has 7 heteroatoms. The lowest BCUT2D eigenvalue weighted by atomic mass is 10.1. The second kappa shape index (κ2) is 9.18. The average molecular weight is 389 g/mol. The molecule has 3 aromatic carbocycles. The molecule has 0 fully saturated rings. The van der Waals surface area contributed by atoms with Crippen LogP contribution >= 0.6 is 0 Å². The van der Waals surface area contributed by atoms with Crippen LogP contribution in [0.5, 0.6) is 11.5 Å². The van der Waals surface area contributed by atoms with Gasteiger partial charge in [-0.1, -0.05) is 12.1 Å². The molecule has 0 aliphatic rings. The normalized spacial score (nSPS) is 10.5. The number of anilines is 1. The summed E-state index contributed by atoms with van der Waals surface area (Å²) in [6, 6.07) is 19.7. The average Bonchev–Trinajstić information content (AvgIpc) is 2.75. The molecule has 0 heterocycles. The van der Waals surface area contributed by atoms with Crippen molar-refractivity contribution in [2.24, 2.45) is 5.10 Å². The van der Waals surface area contributed by atoms with E-state index in [-0.39, 0.29) is 17.2 Å². The van der Waals surface area contributed by atoms with Gasteiger partial charge in [-0.2, -0.15) is 5.10 Å². The summed E-state index contributed by atoms with van der Waals surface area (Å²) in [5.74, 6) is -0.0216. The van der Waals surface area contributed by atoms with Gasteiger partial charge < -0.3 is 15.2 Å². The number of hydrazone groups is 1. The number of carbonyl (C=O) groups excluding carboxylic acids is 2. The van der Waals surface area contributed by atoms with Gasteiger partial charge in [-0.05, 0) is 66.2 Å². The van der Waals surface area contributed by atoms with E-state index >= 15 is 0 Å². The maximum atomic E-state index is 12.5. The van der Waals surface area contributed by atoms with E-state index in [0.29, 0.717) is 22.6 Å². The van der Waals surface area contributed by atoms with Crippen LogP contribution in [0.2, 0.25) is 0 Å². The van der Waals surface area contributed by atoms with Crippen molar-refractivity contribution in [3.05, 3.63) is 89.5 Å². The summed E-state index contributed by atoms with van der Waals surface area (Å²) in [7, 11) is 1.55. The molecular weight excluding hydrogens is 370 g/mol. The lowest BCUT2D eigenvalue weighted by Crippen LogP contribution is -2.21. The van der Waals surface area contributed by atoms with Gasteiger partial charge in [0.25, 0.3) is 11.8 Å². The van der Waals surface area contributed by atoms with Crippen molar-refractivity contribution in [1.82, 2.24) is 5.43 Å². The highest BCUT2D eigenvalue weighted by atomic mass is 16.5.